The second-order valence-corrected chi connectivity index (χ2v) is 7.77. The Balaban J connectivity index is 1.36. The molecule has 0 radical (unpaired) electrons. The Hall–Kier alpha value is -1.84. The second-order valence-electron chi connectivity index (χ2n) is 7.77. The fourth-order valence-corrected chi connectivity index (χ4v) is 3.52. The number of rotatable bonds is 7. The van der Waals surface area contributed by atoms with E-state index in [9.17, 15) is 9.59 Å². The molecule has 2 amide bonds. The van der Waals surface area contributed by atoms with Crippen LogP contribution < -0.4 is 5.32 Å². The molecular formula is C21H30N2O2. The first kappa shape index (κ1) is 18.0. The maximum Gasteiger partial charge on any atom is 0.223 e. The van der Waals surface area contributed by atoms with Crippen molar-refractivity contribution in [1.82, 2.24) is 10.2 Å². The number of carbonyl (C=O) groups excluding carboxylic acids is 2. The summed E-state index contributed by atoms with van der Waals surface area (Å²) in [7, 11) is 0. The number of hydrogen-bond acceptors (Lipinski definition) is 2. The Kier molecular flexibility index (Phi) is 6.11. The number of aryl methyl sites for hydroxylation is 1. The summed E-state index contributed by atoms with van der Waals surface area (Å²) in [5, 5.41) is 3.09. The van der Waals surface area contributed by atoms with E-state index in [0.29, 0.717) is 18.4 Å². The first-order chi connectivity index (χ1) is 12.1. The van der Waals surface area contributed by atoms with Gasteiger partial charge in [-0.25, -0.2) is 0 Å². The zero-order valence-corrected chi connectivity index (χ0v) is 15.2. The predicted octanol–water partition coefficient (Wildman–Crippen LogP) is 3.16. The number of likely N-dealkylation sites (tertiary alicyclic amines) is 1. The monoisotopic (exact) mass is 342 g/mol. The van der Waals surface area contributed by atoms with Crippen molar-refractivity contribution in [3.05, 3.63) is 35.9 Å². The normalized spacial score (nSPS) is 19.5. The summed E-state index contributed by atoms with van der Waals surface area (Å²) < 4.78 is 0. The molecule has 1 saturated carbocycles. The fraction of sp³-hybridized carbons (Fsp3) is 0.619. The summed E-state index contributed by atoms with van der Waals surface area (Å²) in [4.78, 5) is 26.6. The molecule has 1 atom stereocenters. The van der Waals surface area contributed by atoms with Gasteiger partial charge in [-0.3, -0.25) is 9.59 Å². The van der Waals surface area contributed by atoms with Crippen molar-refractivity contribution < 1.29 is 9.59 Å². The Bertz CT molecular complexity index is 575. The number of nitrogens with one attached hydrogen (secondary N) is 1. The topological polar surface area (TPSA) is 49.4 Å². The third-order valence-corrected chi connectivity index (χ3v) is 5.43. The van der Waals surface area contributed by atoms with Crippen LogP contribution in [0.1, 0.15) is 51.0 Å². The lowest BCUT2D eigenvalue weighted by molar-refractivity contribution is -0.136. The van der Waals surface area contributed by atoms with Crippen molar-refractivity contribution in [3.8, 4) is 0 Å². The molecule has 3 rings (SSSR count). The summed E-state index contributed by atoms with van der Waals surface area (Å²) >= 11 is 0. The van der Waals surface area contributed by atoms with Gasteiger partial charge in [0.2, 0.25) is 11.8 Å². The third kappa shape index (κ3) is 5.58. The molecule has 0 spiro atoms. The lowest BCUT2D eigenvalue weighted by atomic mass is 9.94. The highest BCUT2D eigenvalue weighted by Crippen LogP contribution is 2.23. The van der Waals surface area contributed by atoms with E-state index < -0.39 is 0 Å². The molecule has 1 heterocycles. The van der Waals surface area contributed by atoms with Crippen LogP contribution in [0.15, 0.2) is 30.3 Å². The Labute approximate surface area is 151 Å². The van der Waals surface area contributed by atoms with Gasteiger partial charge in [-0.05, 0) is 50.0 Å². The smallest absolute Gasteiger partial charge is 0.223 e. The average Bonchev–Trinajstić information content (AvgIpc) is 3.45. The average molecular weight is 342 g/mol. The summed E-state index contributed by atoms with van der Waals surface area (Å²) in [6.45, 7) is 3.62. The molecule has 1 aromatic carbocycles. The molecule has 1 N–H and O–H groups in total. The standard InChI is InChI=1S/C21H30N2O2/c1-16(7-8-17-5-3-2-4-6-17)15-20(24)23-13-11-18(12-14-23)21(25)22-19-9-10-19/h2-6,16,18-19H,7-15H2,1H3,(H,22,25). The number of amides is 2. The SMILES string of the molecule is CC(CCc1ccccc1)CC(=O)N1CCC(C(=O)NC2CC2)CC1. The molecule has 1 unspecified atom stereocenters. The minimum atomic E-state index is 0.0974. The van der Waals surface area contributed by atoms with Crippen molar-refractivity contribution in [1.29, 1.82) is 0 Å². The van der Waals surface area contributed by atoms with Crippen LogP contribution in [0.5, 0.6) is 0 Å². The van der Waals surface area contributed by atoms with Crippen LogP contribution >= 0.6 is 0 Å². The van der Waals surface area contributed by atoms with Crippen molar-refractivity contribution in [2.45, 2.75) is 57.9 Å². The highest BCUT2D eigenvalue weighted by atomic mass is 16.2. The van der Waals surface area contributed by atoms with E-state index in [2.05, 4.69) is 36.5 Å². The molecule has 4 heteroatoms. The van der Waals surface area contributed by atoms with Gasteiger partial charge in [0.15, 0.2) is 0 Å². The minimum Gasteiger partial charge on any atom is -0.353 e. The number of hydrogen-bond donors (Lipinski definition) is 1. The molecule has 1 aliphatic carbocycles. The van der Waals surface area contributed by atoms with Gasteiger partial charge in [0.25, 0.3) is 0 Å². The second kappa shape index (κ2) is 8.50. The minimum absolute atomic E-state index is 0.0974. The van der Waals surface area contributed by atoms with Crippen LogP contribution in [0.25, 0.3) is 0 Å². The third-order valence-electron chi connectivity index (χ3n) is 5.43. The van der Waals surface area contributed by atoms with Gasteiger partial charge in [0.1, 0.15) is 0 Å². The molecular weight excluding hydrogens is 312 g/mol. The zero-order valence-electron chi connectivity index (χ0n) is 15.2. The van der Waals surface area contributed by atoms with E-state index in [1.54, 1.807) is 0 Å². The maximum absolute atomic E-state index is 12.5. The fourth-order valence-electron chi connectivity index (χ4n) is 3.52. The van der Waals surface area contributed by atoms with Gasteiger partial charge in [-0.1, -0.05) is 37.3 Å². The number of piperidine rings is 1. The van der Waals surface area contributed by atoms with Crippen LogP contribution in [0.3, 0.4) is 0 Å². The molecule has 2 aliphatic rings. The number of benzene rings is 1. The van der Waals surface area contributed by atoms with Gasteiger partial charge >= 0.3 is 0 Å². The molecule has 25 heavy (non-hydrogen) atoms. The highest BCUT2D eigenvalue weighted by molar-refractivity contribution is 5.80. The Morgan fingerprint density at radius 2 is 1.80 bits per heavy atom. The lowest BCUT2D eigenvalue weighted by Crippen LogP contribution is -2.43. The van der Waals surface area contributed by atoms with Crippen LogP contribution in [0.4, 0.5) is 0 Å². The Morgan fingerprint density at radius 3 is 2.44 bits per heavy atom. The van der Waals surface area contributed by atoms with Crippen molar-refractivity contribution in [3.63, 3.8) is 0 Å². The van der Waals surface area contributed by atoms with Crippen LogP contribution in [-0.4, -0.2) is 35.8 Å². The van der Waals surface area contributed by atoms with E-state index >= 15 is 0 Å². The molecule has 1 aliphatic heterocycles. The van der Waals surface area contributed by atoms with Crippen molar-refractivity contribution >= 4 is 11.8 Å². The predicted molar refractivity (Wildman–Crippen MR) is 99.0 cm³/mol. The van der Waals surface area contributed by atoms with Crippen LogP contribution in [0.2, 0.25) is 0 Å². The molecule has 136 valence electrons. The number of nitrogens with zero attached hydrogens (tertiary/aromatic N) is 1. The van der Waals surface area contributed by atoms with Gasteiger partial charge in [-0.15, -0.1) is 0 Å². The van der Waals surface area contributed by atoms with Crippen LogP contribution in [-0.2, 0) is 16.0 Å². The van der Waals surface area contributed by atoms with Crippen LogP contribution in [0, 0.1) is 11.8 Å². The van der Waals surface area contributed by atoms with E-state index in [4.69, 9.17) is 0 Å². The van der Waals surface area contributed by atoms with E-state index in [-0.39, 0.29) is 17.7 Å². The van der Waals surface area contributed by atoms with Gasteiger partial charge in [0, 0.05) is 31.5 Å². The number of carbonyl (C=O) groups is 2. The highest BCUT2D eigenvalue weighted by Gasteiger charge is 2.31. The lowest BCUT2D eigenvalue weighted by Gasteiger charge is -2.32. The summed E-state index contributed by atoms with van der Waals surface area (Å²) in [5.41, 5.74) is 1.34. The molecule has 1 saturated heterocycles. The summed E-state index contributed by atoms with van der Waals surface area (Å²) in [5.74, 6) is 0.941. The molecule has 1 aromatic rings. The zero-order chi connectivity index (χ0) is 17.6. The molecule has 0 bridgehead atoms. The first-order valence-corrected chi connectivity index (χ1v) is 9.74. The van der Waals surface area contributed by atoms with Crippen molar-refractivity contribution in [2.24, 2.45) is 11.8 Å². The Morgan fingerprint density at radius 1 is 1.12 bits per heavy atom. The maximum atomic E-state index is 12.5. The first-order valence-electron chi connectivity index (χ1n) is 9.74. The quantitative estimate of drug-likeness (QED) is 0.827. The summed E-state index contributed by atoms with van der Waals surface area (Å²) in [6, 6.07) is 10.9. The van der Waals surface area contributed by atoms with Gasteiger partial charge < -0.3 is 10.2 Å². The van der Waals surface area contributed by atoms with Crippen molar-refractivity contribution in [2.75, 3.05) is 13.1 Å². The van der Waals surface area contributed by atoms with E-state index in [0.717, 1.165) is 51.6 Å². The largest absolute Gasteiger partial charge is 0.353 e. The molecule has 2 fully saturated rings. The summed E-state index contributed by atoms with van der Waals surface area (Å²) in [6.07, 6.45) is 6.56. The van der Waals surface area contributed by atoms with E-state index in [1.807, 2.05) is 11.0 Å². The van der Waals surface area contributed by atoms with Gasteiger partial charge in [0.05, 0.1) is 0 Å². The molecule has 4 nitrogen and oxygen atoms in total. The van der Waals surface area contributed by atoms with Gasteiger partial charge in [-0.2, -0.15) is 0 Å². The van der Waals surface area contributed by atoms with E-state index in [1.165, 1.54) is 5.56 Å². The molecule has 0 aromatic heterocycles.